The van der Waals surface area contributed by atoms with Gasteiger partial charge in [0.15, 0.2) is 0 Å². The van der Waals surface area contributed by atoms with E-state index < -0.39 is 0 Å². The molecule has 0 spiro atoms. The Balaban J connectivity index is 1.81. The number of fused-ring (bicyclic) bond motifs is 3. The first-order chi connectivity index (χ1) is 15.0. The van der Waals surface area contributed by atoms with E-state index in [-0.39, 0.29) is 22.3 Å². The Morgan fingerprint density at radius 2 is 2.26 bits per heavy atom. The molecule has 1 unspecified atom stereocenters. The van der Waals surface area contributed by atoms with Crippen LogP contribution in [0.15, 0.2) is 35.3 Å². The number of ether oxygens (including phenoxy) is 1. The number of halogens is 1. The standard InChI is InChI=1S/C23H24ClN5O2/c1-3-4-5-14-9-11-31-21-20(28-14)16-12-15(6-7-19(16)29(2)23(21)30)27-18-8-10-26-22(24)17(18)13-25/h6-8,10,12,14,28H,3-5,9,11H2,1-2H3,(H,26,27). The second-order valence-corrected chi connectivity index (χ2v) is 8.04. The molecular weight excluding hydrogens is 414 g/mol. The van der Waals surface area contributed by atoms with Gasteiger partial charge in [0.1, 0.15) is 16.8 Å². The maximum Gasteiger partial charge on any atom is 0.295 e. The molecule has 7 nitrogen and oxygen atoms in total. The van der Waals surface area contributed by atoms with Crippen molar-refractivity contribution in [1.29, 1.82) is 5.26 Å². The van der Waals surface area contributed by atoms with Crippen molar-refractivity contribution in [3.05, 3.63) is 51.5 Å². The van der Waals surface area contributed by atoms with Crippen LogP contribution in [0.1, 0.15) is 38.2 Å². The van der Waals surface area contributed by atoms with Gasteiger partial charge in [-0.3, -0.25) is 4.79 Å². The molecule has 0 bridgehead atoms. The molecule has 2 aromatic heterocycles. The van der Waals surface area contributed by atoms with Crippen LogP contribution in [0.25, 0.3) is 10.9 Å². The van der Waals surface area contributed by atoms with Crippen LogP contribution in [0.4, 0.5) is 17.1 Å². The molecule has 0 aliphatic carbocycles. The molecule has 4 rings (SSSR count). The highest BCUT2D eigenvalue weighted by molar-refractivity contribution is 6.31. The predicted molar refractivity (Wildman–Crippen MR) is 123 cm³/mol. The minimum atomic E-state index is -0.153. The zero-order valence-corrected chi connectivity index (χ0v) is 18.3. The third-order valence-electron chi connectivity index (χ3n) is 5.62. The third-order valence-corrected chi connectivity index (χ3v) is 5.90. The summed E-state index contributed by atoms with van der Waals surface area (Å²) in [6, 6.07) is 9.76. The molecule has 1 aliphatic heterocycles. The van der Waals surface area contributed by atoms with Crippen molar-refractivity contribution in [3.8, 4) is 11.8 Å². The molecule has 1 atom stereocenters. The number of hydrogen-bond donors (Lipinski definition) is 2. The first-order valence-electron chi connectivity index (χ1n) is 10.4. The van der Waals surface area contributed by atoms with Crippen LogP contribution < -0.4 is 20.9 Å². The highest BCUT2D eigenvalue weighted by atomic mass is 35.5. The van der Waals surface area contributed by atoms with Crippen molar-refractivity contribution >= 4 is 39.6 Å². The van der Waals surface area contributed by atoms with Gasteiger partial charge in [0.2, 0.25) is 5.75 Å². The summed E-state index contributed by atoms with van der Waals surface area (Å²) in [4.78, 5) is 16.9. The zero-order valence-electron chi connectivity index (χ0n) is 17.5. The van der Waals surface area contributed by atoms with Gasteiger partial charge >= 0.3 is 0 Å². The Bertz CT molecular complexity index is 1230. The number of aromatic nitrogens is 2. The van der Waals surface area contributed by atoms with Crippen LogP contribution in [-0.2, 0) is 7.05 Å². The molecule has 31 heavy (non-hydrogen) atoms. The number of hydrogen-bond acceptors (Lipinski definition) is 6. The van der Waals surface area contributed by atoms with Gasteiger partial charge in [-0.2, -0.15) is 5.26 Å². The lowest BCUT2D eigenvalue weighted by Gasteiger charge is -2.19. The smallest absolute Gasteiger partial charge is 0.295 e. The third kappa shape index (κ3) is 4.04. The topological polar surface area (TPSA) is 92.0 Å². The van der Waals surface area contributed by atoms with Crippen molar-refractivity contribution < 1.29 is 4.74 Å². The maximum atomic E-state index is 12.9. The first kappa shape index (κ1) is 21.0. The molecule has 160 valence electrons. The van der Waals surface area contributed by atoms with Gasteiger partial charge in [0.25, 0.3) is 5.56 Å². The van der Waals surface area contributed by atoms with Gasteiger partial charge in [-0.1, -0.05) is 31.4 Å². The molecule has 0 saturated carbocycles. The monoisotopic (exact) mass is 437 g/mol. The lowest BCUT2D eigenvalue weighted by atomic mass is 10.1. The van der Waals surface area contributed by atoms with Gasteiger partial charge in [0, 0.05) is 36.8 Å². The number of nitrogens with one attached hydrogen (secondary N) is 2. The molecule has 3 heterocycles. The van der Waals surface area contributed by atoms with Gasteiger partial charge in [-0.25, -0.2) is 4.98 Å². The molecular formula is C23H24ClN5O2. The van der Waals surface area contributed by atoms with E-state index in [0.29, 0.717) is 18.0 Å². The van der Waals surface area contributed by atoms with E-state index in [1.54, 1.807) is 23.9 Å². The van der Waals surface area contributed by atoms with Crippen molar-refractivity contribution in [1.82, 2.24) is 9.55 Å². The number of rotatable bonds is 5. The number of aryl methyl sites for hydroxylation is 1. The van der Waals surface area contributed by atoms with Gasteiger partial charge in [0.05, 0.1) is 23.5 Å². The van der Waals surface area contributed by atoms with E-state index in [1.165, 1.54) is 0 Å². The van der Waals surface area contributed by atoms with Crippen LogP contribution in [-0.4, -0.2) is 22.2 Å². The lowest BCUT2D eigenvalue weighted by Crippen LogP contribution is -2.22. The largest absolute Gasteiger partial charge is 0.486 e. The minimum Gasteiger partial charge on any atom is -0.486 e. The lowest BCUT2D eigenvalue weighted by molar-refractivity contribution is 0.304. The molecule has 0 fully saturated rings. The fraction of sp³-hybridized carbons (Fsp3) is 0.348. The SMILES string of the molecule is CCCCC1CCOc2c(c3cc(Nc4ccnc(Cl)c4C#N)ccc3n(C)c2=O)N1. The van der Waals surface area contributed by atoms with Crippen LogP contribution in [0.5, 0.6) is 5.75 Å². The van der Waals surface area contributed by atoms with Crippen molar-refractivity contribution in [2.75, 3.05) is 17.2 Å². The van der Waals surface area contributed by atoms with E-state index in [0.717, 1.165) is 48.0 Å². The average molecular weight is 438 g/mol. The first-order valence-corrected chi connectivity index (χ1v) is 10.8. The van der Waals surface area contributed by atoms with E-state index >= 15 is 0 Å². The summed E-state index contributed by atoms with van der Waals surface area (Å²) >= 11 is 6.06. The Labute approximate surface area is 185 Å². The zero-order chi connectivity index (χ0) is 22.0. The molecule has 0 radical (unpaired) electrons. The summed E-state index contributed by atoms with van der Waals surface area (Å²) in [5, 5.41) is 17.3. The quantitative estimate of drug-likeness (QED) is 0.548. The predicted octanol–water partition coefficient (Wildman–Crippen LogP) is 4.96. The number of pyridine rings is 2. The van der Waals surface area contributed by atoms with E-state index in [4.69, 9.17) is 16.3 Å². The Hall–Kier alpha value is -3.24. The second-order valence-electron chi connectivity index (χ2n) is 7.68. The molecule has 0 amide bonds. The Kier molecular flexibility index (Phi) is 6.01. The van der Waals surface area contributed by atoms with Crippen molar-refractivity contribution in [2.24, 2.45) is 7.05 Å². The Morgan fingerprint density at radius 3 is 3.03 bits per heavy atom. The highest BCUT2D eigenvalue weighted by Gasteiger charge is 2.23. The number of nitrogens with zero attached hydrogens (tertiary/aromatic N) is 3. The van der Waals surface area contributed by atoms with Gasteiger partial charge < -0.3 is 19.9 Å². The molecule has 0 saturated heterocycles. The van der Waals surface area contributed by atoms with Crippen LogP contribution in [0, 0.1) is 11.3 Å². The average Bonchev–Trinajstić information content (AvgIpc) is 2.99. The van der Waals surface area contributed by atoms with E-state index in [9.17, 15) is 10.1 Å². The number of benzene rings is 1. The fourth-order valence-electron chi connectivity index (χ4n) is 3.92. The van der Waals surface area contributed by atoms with E-state index in [2.05, 4.69) is 28.6 Å². The molecule has 1 aliphatic rings. The summed E-state index contributed by atoms with van der Waals surface area (Å²) < 4.78 is 7.51. The Morgan fingerprint density at radius 1 is 1.42 bits per heavy atom. The number of unbranched alkanes of at least 4 members (excludes halogenated alkanes) is 1. The maximum absolute atomic E-state index is 12.9. The summed E-state index contributed by atoms with van der Waals surface area (Å²) in [5.74, 6) is 0.357. The number of anilines is 3. The summed E-state index contributed by atoms with van der Waals surface area (Å²) in [6.45, 7) is 2.68. The van der Waals surface area contributed by atoms with Gasteiger partial charge in [-0.15, -0.1) is 0 Å². The molecule has 2 N–H and O–H groups in total. The molecule has 1 aromatic carbocycles. The normalized spacial score (nSPS) is 15.4. The fourth-order valence-corrected chi connectivity index (χ4v) is 4.12. The minimum absolute atomic E-state index is 0.151. The molecule has 8 heteroatoms. The molecule has 3 aromatic rings. The van der Waals surface area contributed by atoms with Crippen molar-refractivity contribution in [3.63, 3.8) is 0 Å². The van der Waals surface area contributed by atoms with Crippen LogP contribution >= 0.6 is 11.6 Å². The summed E-state index contributed by atoms with van der Waals surface area (Å²) in [5.41, 5.74) is 3.00. The van der Waals surface area contributed by atoms with E-state index in [1.807, 2.05) is 18.2 Å². The van der Waals surface area contributed by atoms with Crippen LogP contribution in [0.3, 0.4) is 0 Å². The number of nitriles is 1. The summed E-state index contributed by atoms with van der Waals surface area (Å²) in [6.07, 6.45) is 5.65. The van der Waals surface area contributed by atoms with Crippen LogP contribution in [0.2, 0.25) is 5.15 Å². The van der Waals surface area contributed by atoms with Gasteiger partial charge in [-0.05, 0) is 30.7 Å². The second kappa shape index (κ2) is 8.86. The summed E-state index contributed by atoms with van der Waals surface area (Å²) in [7, 11) is 1.75. The van der Waals surface area contributed by atoms with Crippen molar-refractivity contribution in [2.45, 2.75) is 38.6 Å². The highest BCUT2D eigenvalue weighted by Crippen LogP contribution is 2.36.